The number of aryl methyl sites for hydroxylation is 4. The number of benzene rings is 2. The summed E-state index contributed by atoms with van der Waals surface area (Å²) in [6.45, 7) is 0. The van der Waals surface area contributed by atoms with Crippen LogP contribution in [-0.2, 0) is 25.7 Å². The summed E-state index contributed by atoms with van der Waals surface area (Å²) in [7, 11) is -1.38. The molecule has 0 radical (unpaired) electrons. The van der Waals surface area contributed by atoms with Crippen molar-refractivity contribution >= 4 is 12.6 Å². The maximum absolute atomic E-state index is 9.52. The second kappa shape index (κ2) is 5.20. The van der Waals surface area contributed by atoms with Crippen LogP contribution in [0.5, 0.6) is 0 Å². The molecule has 4 aliphatic carbocycles. The predicted octanol–water partition coefficient (Wildman–Crippen LogP) is 1.25. The lowest BCUT2D eigenvalue weighted by Crippen LogP contribution is -2.33. The topological polar surface area (TPSA) is 40.5 Å². The van der Waals surface area contributed by atoms with E-state index in [0.717, 1.165) is 36.8 Å². The van der Waals surface area contributed by atoms with Crippen LogP contribution in [0.4, 0.5) is 0 Å². The highest BCUT2D eigenvalue weighted by Crippen LogP contribution is 2.14. The van der Waals surface area contributed by atoms with Crippen molar-refractivity contribution in [3.05, 3.63) is 64.7 Å². The number of rotatable bonds is 1. The fraction of sp³-hybridized carbons (Fsp3) is 0.250. The first-order chi connectivity index (χ1) is 9.22. The van der Waals surface area contributed by atoms with Gasteiger partial charge < -0.3 is 10.0 Å². The first-order valence-electron chi connectivity index (χ1n) is 6.78. The molecule has 19 heavy (non-hydrogen) atoms. The molecule has 0 heterocycles. The molecule has 3 heteroatoms. The molecule has 0 aromatic heterocycles. The molecule has 0 aliphatic heterocycles. The van der Waals surface area contributed by atoms with Crippen molar-refractivity contribution in [3.63, 3.8) is 0 Å². The molecule has 0 saturated carbocycles. The lowest BCUT2D eigenvalue weighted by molar-refractivity contribution is 0.425. The highest BCUT2D eigenvalue weighted by Gasteiger charge is 2.17. The Hall–Kier alpha value is -1.58. The maximum Gasteiger partial charge on any atom is 0.488 e. The lowest BCUT2D eigenvalue weighted by Gasteiger charge is -2.13. The van der Waals surface area contributed by atoms with Crippen LogP contribution in [0.2, 0.25) is 0 Å². The van der Waals surface area contributed by atoms with E-state index in [1.165, 1.54) is 11.1 Å². The van der Waals surface area contributed by atoms with E-state index < -0.39 is 7.12 Å². The van der Waals surface area contributed by atoms with Crippen LogP contribution in [0.3, 0.4) is 0 Å². The zero-order valence-corrected chi connectivity index (χ0v) is 10.8. The lowest BCUT2D eigenvalue weighted by atomic mass is 9.74. The minimum absolute atomic E-state index is 0.660. The molecule has 0 atom stereocenters. The van der Waals surface area contributed by atoms with Crippen LogP contribution in [-0.4, -0.2) is 17.2 Å². The second-order valence-corrected chi connectivity index (χ2v) is 5.22. The van der Waals surface area contributed by atoms with Crippen LogP contribution < -0.4 is 5.46 Å². The van der Waals surface area contributed by atoms with Gasteiger partial charge in [0.15, 0.2) is 0 Å². The van der Waals surface area contributed by atoms with Crippen molar-refractivity contribution in [3.8, 4) is 0 Å². The first kappa shape index (κ1) is 12.5. The molecular weight excluding hydrogens is 235 g/mol. The minimum Gasteiger partial charge on any atom is -0.423 e. The van der Waals surface area contributed by atoms with Crippen molar-refractivity contribution in [1.82, 2.24) is 0 Å². The number of hydrogen-bond acceptors (Lipinski definition) is 2. The summed E-state index contributed by atoms with van der Waals surface area (Å²) in [5.41, 5.74) is 5.48. The van der Waals surface area contributed by atoms with E-state index in [1.807, 2.05) is 12.1 Å². The van der Waals surface area contributed by atoms with E-state index in [1.54, 1.807) is 0 Å². The van der Waals surface area contributed by atoms with Crippen LogP contribution in [0.1, 0.15) is 22.3 Å². The summed E-state index contributed by atoms with van der Waals surface area (Å²) >= 11 is 0. The van der Waals surface area contributed by atoms with Gasteiger partial charge in [-0.3, -0.25) is 0 Å². The van der Waals surface area contributed by atoms with E-state index in [4.69, 9.17) is 0 Å². The molecular formula is C16H17BO2. The van der Waals surface area contributed by atoms with Gasteiger partial charge in [0.2, 0.25) is 0 Å². The normalized spacial score (nSPS) is 14.0. The molecule has 96 valence electrons. The van der Waals surface area contributed by atoms with Gasteiger partial charge in [-0.05, 0) is 53.4 Å². The summed E-state index contributed by atoms with van der Waals surface area (Å²) in [5.74, 6) is 0. The maximum atomic E-state index is 9.52. The van der Waals surface area contributed by atoms with E-state index in [9.17, 15) is 10.0 Å². The standard InChI is InChI=1S/C16H17BO2/c18-17(19)16-11-14-6-5-12-1-3-13(4-2-12)7-9-15(16)10-8-14/h1-4,8,10-11,18-19H,5-7,9H2. The number of hydrogen-bond donors (Lipinski definition) is 2. The third kappa shape index (κ3) is 2.72. The summed E-state index contributed by atoms with van der Waals surface area (Å²) in [5, 5.41) is 19.0. The first-order valence-corrected chi connectivity index (χ1v) is 6.78. The minimum atomic E-state index is -1.38. The quantitative estimate of drug-likeness (QED) is 0.750. The molecule has 0 spiro atoms. The van der Waals surface area contributed by atoms with Crippen molar-refractivity contribution in [1.29, 1.82) is 0 Å². The average molecular weight is 252 g/mol. The van der Waals surface area contributed by atoms with Gasteiger partial charge in [-0.15, -0.1) is 0 Å². The third-order valence-electron chi connectivity index (χ3n) is 3.90. The van der Waals surface area contributed by atoms with Gasteiger partial charge in [0.25, 0.3) is 0 Å². The Labute approximate surface area is 113 Å². The van der Waals surface area contributed by atoms with Gasteiger partial charge in [0.05, 0.1) is 0 Å². The van der Waals surface area contributed by atoms with Crippen molar-refractivity contribution in [2.24, 2.45) is 0 Å². The van der Waals surface area contributed by atoms with Gasteiger partial charge in [-0.2, -0.15) is 0 Å². The summed E-state index contributed by atoms with van der Waals surface area (Å²) < 4.78 is 0. The zero-order chi connectivity index (χ0) is 13.2. The van der Waals surface area contributed by atoms with E-state index in [2.05, 4.69) is 30.3 Å². The predicted molar refractivity (Wildman–Crippen MR) is 77.5 cm³/mol. The molecule has 2 nitrogen and oxygen atoms in total. The van der Waals surface area contributed by atoms with Crippen molar-refractivity contribution < 1.29 is 10.0 Å². The zero-order valence-electron chi connectivity index (χ0n) is 10.8. The summed E-state index contributed by atoms with van der Waals surface area (Å²) in [6, 6.07) is 14.8. The summed E-state index contributed by atoms with van der Waals surface area (Å²) in [6.07, 6.45) is 3.69. The van der Waals surface area contributed by atoms with Crippen LogP contribution >= 0.6 is 0 Å². The fourth-order valence-electron chi connectivity index (χ4n) is 2.71. The highest BCUT2D eigenvalue weighted by atomic mass is 16.4. The molecule has 2 aromatic rings. The van der Waals surface area contributed by atoms with Crippen molar-refractivity contribution in [2.45, 2.75) is 25.7 Å². The molecule has 6 rings (SSSR count). The molecule has 0 amide bonds. The third-order valence-corrected chi connectivity index (χ3v) is 3.90. The molecule has 4 aliphatic rings. The van der Waals surface area contributed by atoms with E-state index in [-0.39, 0.29) is 0 Å². The Morgan fingerprint density at radius 1 is 0.684 bits per heavy atom. The second-order valence-electron chi connectivity index (χ2n) is 5.22. The van der Waals surface area contributed by atoms with E-state index in [0.29, 0.717) is 5.46 Å². The molecule has 2 aromatic carbocycles. The Bertz CT molecular complexity index is 576. The largest absolute Gasteiger partial charge is 0.488 e. The van der Waals surface area contributed by atoms with E-state index >= 15 is 0 Å². The molecule has 4 bridgehead atoms. The van der Waals surface area contributed by atoms with Gasteiger partial charge in [-0.1, -0.05) is 42.5 Å². The van der Waals surface area contributed by atoms with Crippen molar-refractivity contribution in [2.75, 3.05) is 0 Å². The average Bonchev–Trinajstić information content (AvgIpc) is 2.41. The molecule has 2 N–H and O–H groups in total. The fourth-order valence-corrected chi connectivity index (χ4v) is 2.71. The highest BCUT2D eigenvalue weighted by molar-refractivity contribution is 6.59. The van der Waals surface area contributed by atoms with Gasteiger partial charge in [0.1, 0.15) is 0 Å². The Morgan fingerprint density at radius 2 is 1.21 bits per heavy atom. The molecule has 0 unspecified atom stereocenters. The van der Waals surface area contributed by atoms with Gasteiger partial charge in [0, 0.05) is 0 Å². The van der Waals surface area contributed by atoms with Crippen LogP contribution in [0, 0.1) is 0 Å². The summed E-state index contributed by atoms with van der Waals surface area (Å²) in [4.78, 5) is 0. The monoisotopic (exact) mass is 252 g/mol. The van der Waals surface area contributed by atoms with Crippen LogP contribution in [0.15, 0.2) is 42.5 Å². The Kier molecular flexibility index (Phi) is 3.41. The van der Waals surface area contributed by atoms with Gasteiger partial charge >= 0.3 is 7.12 Å². The Balaban J connectivity index is 2.01. The van der Waals surface area contributed by atoms with Crippen LogP contribution in [0.25, 0.3) is 0 Å². The SMILES string of the molecule is OB(O)c1cc2ccc1CCc1ccc(cc1)CC2. The van der Waals surface area contributed by atoms with Gasteiger partial charge in [-0.25, -0.2) is 0 Å². The molecule has 0 saturated heterocycles. The Morgan fingerprint density at radius 3 is 1.84 bits per heavy atom. The molecule has 0 fully saturated rings. The smallest absolute Gasteiger partial charge is 0.423 e.